The lowest BCUT2D eigenvalue weighted by atomic mass is 10.0. The van der Waals surface area contributed by atoms with Crippen LogP contribution in [0.15, 0.2) is 48.8 Å². The molecule has 7 heteroatoms. The second kappa shape index (κ2) is 8.26. The number of likely N-dealkylation sites (tertiary alicyclic amines) is 1. The Morgan fingerprint density at radius 2 is 2.07 bits per heavy atom. The Balaban J connectivity index is 1.17. The maximum Gasteiger partial charge on any atom is 0.223 e. The van der Waals surface area contributed by atoms with Gasteiger partial charge in [-0.25, -0.2) is 4.98 Å². The first-order valence-corrected chi connectivity index (χ1v) is 10.6. The van der Waals surface area contributed by atoms with Crippen LogP contribution in [0.5, 0.6) is 11.5 Å². The van der Waals surface area contributed by atoms with Gasteiger partial charge in [-0.05, 0) is 43.5 Å². The number of pyridine rings is 1. The monoisotopic (exact) mass is 406 g/mol. The van der Waals surface area contributed by atoms with Gasteiger partial charge < -0.3 is 24.1 Å². The molecule has 0 bridgehead atoms. The number of hydrogen-bond donors (Lipinski definition) is 1. The van der Waals surface area contributed by atoms with Gasteiger partial charge >= 0.3 is 0 Å². The van der Waals surface area contributed by atoms with E-state index in [1.807, 2.05) is 58.1 Å². The van der Waals surface area contributed by atoms with Gasteiger partial charge in [0.2, 0.25) is 5.91 Å². The number of fused-ring (bicyclic) bond motifs is 2. The first-order valence-electron chi connectivity index (χ1n) is 10.6. The molecule has 4 heterocycles. The van der Waals surface area contributed by atoms with Gasteiger partial charge in [0.1, 0.15) is 18.9 Å². The highest BCUT2D eigenvalue weighted by atomic mass is 16.6. The molecule has 1 saturated heterocycles. The van der Waals surface area contributed by atoms with Crippen molar-refractivity contribution in [3.8, 4) is 11.5 Å². The SMILES string of the molecule is O=C(CCc1cn2ccccc2n1)N1CCCC(Nc2ccc3c(c2)OCCO3)C1. The molecule has 2 aliphatic rings. The van der Waals surface area contributed by atoms with Crippen LogP contribution in [-0.4, -0.2) is 52.5 Å². The van der Waals surface area contributed by atoms with E-state index < -0.39 is 0 Å². The fourth-order valence-electron chi connectivity index (χ4n) is 4.19. The molecule has 30 heavy (non-hydrogen) atoms. The standard InChI is InChI=1S/C23H26N4O3/c28-23(9-7-19-15-26-10-2-1-5-22(26)25-19)27-11-3-4-18(16-27)24-17-6-8-20-21(14-17)30-13-12-29-20/h1-2,5-6,8,10,14-15,18,24H,3-4,7,9,11-13,16H2. The van der Waals surface area contributed by atoms with Crippen molar-refractivity contribution in [3.63, 3.8) is 0 Å². The van der Waals surface area contributed by atoms with Crippen LogP contribution in [0.25, 0.3) is 5.65 Å². The Morgan fingerprint density at radius 1 is 1.17 bits per heavy atom. The highest BCUT2D eigenvalue weighted by Crippen LogP contribution is 2.33. The Bertz CT molecular complexity index is 1010. The molecule has 7 nitrogen and oxygen atoms in total. The molecule has 2 aromatic heterocycles. The molecule has 1 atom stereocenters. The normalized spacial score (nSPS) is 18.4. The van der Waals surface area contributed by atoms with Crippen LogP contribution in [-0.2, 0) is 11.2 Å². The van der Waals surface area contributed by atoms with Gasteiger partial charge in [-0.2, -0.15) is 0 Å². The molecule has 2 aliphatic heterocycles. The smallest absolute Gasteiger partial charge is 0.223 e. The number of aromatic nitrogens is 2. The Morgan fingerprint density at radius 3 is 2.97 bits per heavy atom. The zero-order chi connectivity index (χ0) is 20.3. The van der Waals surface area contributed by atoms with E-state index in [1.165, 1.54) is 0 Å². The summed E-state index contributed by atoms with van der Waals surface area (Å²) in [5, 5.41) is 3.56. The lowest BCUT2D eigenvalue weighted by molar-refractivity contribution is -0.132. The van der Waals surface area contributed by atoms with Crippen molar-refractivity contribution in [2.45, 2.75) is 31.7 Å². The van der Waals surface area contributed by atoms with Crippen molar-refractivity contribution in [2.24, 2.45) is 0 Å². The minimum atomic E-state index is 0.195. The van der Waals surface area contributed by atoms with Crippen molar-refractivity contribution in [2.75, 3.05) is 31.6 Å². The third-order valence-electron chi connectivity index (χ3n) is 5.70. The molecular formula is C23H26N4O3. The van der Waals surface area contributed by atoms with Crippen LogP contribution in [0.2, 0.25) is 0 Å². The second-order valence-corrected chi connectivity index (χ2v) is 7.88. The maximum atomic E-state index is 12.8. The Hall–Kier alpha value is -3.22. The lowest BCUT2D eigenvalue weighted by Gasteiger charge is -2.34. The molecule has 0 saturated carbocycles. The van der Waals surface area contributed by atoms with Gasteiger partial charge in [0.25, 0.3) is 0 Å². The fourth-order valence-corrected chi connectivity index (χ4v) is 4.19. The minimum absolute atomic E-state index is 0.195. The average molecular weight is 406 g/mol. The number of imidazole rings is 1. The zero-order valence-electron chi connectivity index (χ0n) is 16.9. The Kier molecular flexibility index (Phi) is 5.17. The number of carbonyl (C=O) groups excluding carboxylic acids is 1. The van der Waals surface area contributed by atoms with Crippen LogP contribution < -0.4 is 14.8 Å². The summed E-state index contributed by atoms with van der Waals surface area (Å²) in [5.41, 5.74) is 2.88. The van der Waals surface area contributed by atoms with Crippen molar-refractivity contribution in [1.29, 1.82) is 0 Å². The molecule has 5 rings (SSSR count). The minimum Gasteiger partial charge on any atom is -0.486 e. The highest BCUT2D eigenvalue weighted by molar-refractivity contribution is 5.76. The largest absolute Gasteiger partial charge is 0.486 e. The van der Waals surface area contributed by atoms with Crippen molar-refractivity contribution in [1.82, 2.24) is 14.3 Å². The summed E-state index contributed by atoms with van der Waals surface area (Å²) >= 11 is 0. The van der Waals surface area contributed by atoms with Gasteiger partial charge in [0, 0.05) is 49.7 Å². The van der Waals surface area contributed by atoms with Crippen LogP contribution in [0.3, 0.4) is 0 Å². The lowest BCUT2D eigenvalue weighted by Crippen LogP contribution is -2.45. The molecule has 1 amide bonds. The molecule has 156 valence electrons. The number of piperidine rings is 1. The number of carbonyl (C=O) groups is 1. The van der Waals surface area contributed by atoms with E-state index in [1.54, 1.807) is 0 Å². The number of nitrogens with one attached hydrogen (secondary N) is 1. The summed E-state index contributed by atoms with van der Waals surface area (Å²) in [6.07, 6.45) is 7.18. The van der Waals surface area contributed by atoms with Gasteiger partial charge in [-0.15, -0.1) is 0 Å². The molecule has 1 aromatic carbocycles. The van der Waals surface area contributed by atoms with Gasteiger partial charge in [-0.3, -0.25) is 4.79 Å². The number of ether oxygens (including phenoxy) is 2. The van der Waals surface area contributed by atoms with E-state index in [4.69, 9.17) is 9.47 Å². The van der Waals surface area contributed by atoms with Gasteiger partial charge in [0.05, 0.1) is 5.69 Å². The van der Waals surface area contributed by atoms with Gasteiger partial charge in [-0.1, -0.05) is 6.07 Å². The summed E-state index contributed by atoms with van der Waals surface area (Å²) in [6.45, 7) is 2.71. The van der Waals surface area contributed by atoms with Crippen molar-refractivity contribution in [3.05, 3.63) is 54.5 Å². The molecule has 3 aromatic rings. The van der Waals surface area contributed by atoms with Crippen LogP contribution in [0.4, 0.5) is 5.69 Å². The summed E-state index contributed by atoms with van der Waals surface area (Å²) < 4.78 is 13.3. The van der Waals surface area contributed by atoms with E-state index in [0.29, 0.717) is 26.1 Å². The van der Waals surface area contributed by atoms with Crippen LogP contribution in [0, 0.1) is 0 Å². The Labute approximate surface area is 175 Å². The topological polar surface area (TPSA) is 68.1 Å². The predicted octanol–water partition coefficient (Wildman–Crippen LogP) is 3.14. The predicted molar refractivity (Wildman–Crippen MR) is 114 cm³/mol. The molecule has 0 radical (unpaired) electrons. The van der Waals surface area contributed by atoms with E-state index in [0.717, 1.165) is 54.5 Å². The molecular weight excluding hydrogens is 380 g/mol. The number of amides is 1. The van der Waals surface area contributed by atoms with Crippen molar-refractivity contribution >= 4 is 17.2 Å². The first kappa shape index (κ1) is 18.8. The van der Waals surface area contributed by atoms with Gasteiger partial charge in [0.15, 0.2) is 11.5 Å². The molecule has 1 N–H and O–H groups in total. The molecule has 1 unspecified atom stereocenters. The van der Waals surface area contributed by atoms with E-state index in [2.05, 4.69) is 10.3 Å². The fraction of sp³-hybridized carbons (Fsp3) is 0.391. The summed E-state index contributed by atoms with van der Waals surface area (Å²) in [7, 11) is 0. The summed E-state index contributed by atoms with van der Waals surface area (Å²) in [5.74, 6) is 1.77. The zero-order valence-corrected chi connectivity index (χ0v) is 16.9. The summed E-state index contributed by atoms with van der Waals surface area (Å²) in [4.78, 5) is 19.4. The average Bonchev–Trinajstić information content (AvgIpc) is 3.21. The number of anilines is 1. The van der Waals surface area contributed by atoms with Crippen molar-refractivity contribution < 1.29 is 14.3 Å². The second-order valence-electron chi connectivity index (χ2n) is 7.88. The van der Waals surface area contributed by atoms with Crippen LogP contribution in [0.1, 0.15) is 25.0 Å². The van der Waals surface area contributed by atoms with E-state index in [9.17, 15) is 4.79 Å². The highest BCUT2D eigenvalue weighted by Gasteiger charge is 2.24. The third kappa shape index (κ3) is 4.06. The first-order chi connectivity index (χ1) is 14.7. The van der Waals surface area contributed by atoms with E-state index in [-0.39, 0.29) is 11.9 Å². The maximum absolute atomic E-state index is 12.8. The number of benzene rings is 1. The number of aryl methyl sites for hydroxylation is 1. The van der Waals surface area contributed by atoms with E-state index >= 15 is 0 Å². The summed E-state index contributed by atoms with van der Waals surface area (Å²) in [6, 6.07) is 12.1. The number of hydrogen-bond acceptors (Lipinski definition) is 5. The quantitative estimate of drug-likeness (QED) is 0.705. The van der Waals surface area contributed by atoms with Crippen LogP contribution >= 0.6 is 0 Å². The molecule has 0 spiro atoms. The molecule has 1 fully saturated rings. The third-order valence-corrected chi connectivity index (χ3v) is 5.70. The number of rotatable bonds is 5. The molecule has 0 aliphatic carbocycles. The number of nitrogens with zero attached hydrogens (tertiary/aromatic N) is 3.